The Labute approximate surface area is 116 Å². The Kier molecular flexibility index (Phi) is 3.26. The minimum atomic E-state index is -0.293. The second-order valence-corrected chi connectivity index (χ2v) is 5.40. The molecule has 3 rings (SSSR count). The monoisotopic (exact) mass is 271 g/mol. The normalized spacial score (nSPS) is 19.2. The van der Waals surface area contributed by atoms with Crippen molar-refractivity contribution < 1.29 is 4.79 Å². The summed E-state index contributed by atoms with van der Waals surface area (Å²) in [6.07, 6.45) is 5.17. The molecule has 1 aliphatic heterocycles. The van der Waals surface area contributed by atoms with Gasteiger partial charge in [0.05, 0.1) is 0 Å². The Balaban J connectivity index is 1.99. The molecule has 0 bridgehead atoms. The number of pyridine rings is 1. The van der Waals surface area contributed by atoms with Gasteiger partial charge < -0.3 is 4.90 Å². The Morgan fingerprint density at radius 3 is 3.05 bits per heavy atom. The van der Waals surface area contributed by atoms with Crippen molar-refractivity contribution in [3.8, 4) is 0 Å². The Hall–Kier alpha value is -2.17. The number of fused-ring (bicyclic) bond motifs is 1. The molecular weight excluding hydrogens is 254 g/mol. The molecule has 2 aromatic heterocycles. The summed E-state index contributed by atoms with van der Waals surface area (Å²) in [5, 5.41) is 0. The van der Waals surface area contributed by atoms with Crippen molar-refractivity contribution in [2.75, 3.05) is 13.1 Å². The molecule has 3 heterocycles. The molecule has 1 aliphatic rings. The fraction of sp³-hybridized carbons (Fsp3) is 0.400. The van der Waals surface area contributed by atoms with Crippen LogP contribution in [0, 0.1) is 5.92 Å². The first-order valence-electron chi connectivity index (χ1n) is 6.92. The quantitative estimate of drug-likeness (QED) is 0.791. The number of aromatic nitrogens is 2. The number of carbonyl (C=O) groups excluding carboxylic acids is 1. The maximum atomic E-state index is 12.5. The minimum absolute atomic E-state index is 0.155. The Morgan fingerprint density at radius 2 is 2.25 bits per heavy atom. The molecule has 1 atom stereocenters. The number of hydrogen-bond donors (Lipinski definition) is 0. The summed E-state index contributed by atoms with van der Waals surface area (Å²) in [5.41, 5.74) is 0.419. The van der Waals surface area contributed by atoms with Gasteiger partial charge in [0.15, 0.2) is 0 Å². The molecule has 1 saturated heterocycles. The predicted octanol–water partition coefficient (Wildman–Crippen LogP) is 1.57. The molecule has 0 spiro atoms. The number of rotatable bonds is 1. The molecule has 1 fully saturated rings. The van der Waals surface area contributed by atoms with Gasteiger partial charge in [-0.15, -0.1) is 0 Å². The highest BCUT2D eigenvalue weighted by atomic mass is 16.2. The molecule has 1 amide bonds. The summed E-state index contributed by atoms with van der Waals surface area (Å²) < 4.78 is 1.42. The van der Waals surface area contributed by atoms with Crippen molar-refractivity contribution in [2.45, 2.75) is 19.8 Å². The van der Waals surface area contributed by atoms with Crippen LogP contribution >= 0.6 is 0 Å². The predicted molar refractivity (Wildman–Crippen MR) is 75.8 cm³/mol. The van der Waals surface area contributed by atoms with Crippen LogP contribution in [-0.2, 0) is 0 Å². The van der Waals surface area contributed by atoms with Gasteiger partial charge in [0, 0.05) is 25.5 Å². The van der Waals surface area contributed by atoms with E-state index in [4.69, 9.17) is 0 Å². The lowest BCUT2D eigenvalue weighted by atomic mass is 10.00. The number of nitrogens with zero attached hydrogens (tertiary/aromatic N) is 3. The van der Waals surface area contributed by atoms with Gasteiger partial charge in [-0.1, -0.05) is 13.0 Å². The third kappa shape index (κ3) is 2.19. The highest BCUT2D eigenvalue weighted by Crippen LogP contribution is 2.16. The van der Waals surface area contributed by atoms with Crippen LogP contribution in [0.15, 0.2) is 35.4 Å². The molecule has 5 nitrogen and oxygen atoms in total. The van der Waals surface area contributed by atoms with Crippen LogP contribution in [0.2, 0.25) is 0 Å². The summed E-state index contributed by atoms with van der Waals surface area (Å²) >= 11 is 0. The van der Waals surface area contributed by atoms with Crippen molar-refractivity contribution in [1.29, 1.82) is 0 Å². The second kappa shape index (κ2) is 5.07. The topological polar surface area (TPSA) is 54.7 Å². The summed E-state index contributed by atoms with van der Waals surface area (Å²) in [6.45, 7) is 3.57. The first-order chi connectivity index (χ1) is 9.66. The van der Waals surface area contributed by atoms with E-state index in [9.17, 15) is 9.59 Å². The maximum absolute atomic E-state index is 12.5. The van der Waals surface area contributed by atoms with E-state index in [1.807, 2.05) is 6.07 Å². The van der Waals surface area contributed by atoms with Gasteiger partial charge in [0.2, 0.25) is 0 Å². The lowest BCUT2D eigenvalue weighted by molar-refractivity contribution is 0.0680. The standard InChI is InChI=1S/C15H17N3O2/c1-11-5-4-7-17(10-11)14(19)12-9-16-13-6-2-3-8-18(13)15(12)20/h2-3,6,8-9,11H,4-5,7,10H2,1H3. The van der Waals surface area contributed by atoms with Crippen molar-refractivity contribution >= 4 is 11.6 Å². The molecule has 0 aromatic carbocycles. The average Bonchev–Trinajstić information content (AvgIpc) is 2.47. The zero-order valence-electron chi connectivity index (χ0n) is 11.5. The van der Waals surface area contributed by atoms with Crippen molar-refractivity contribution in [3.05, 3.63) is 46.5 Å². The van der Waals surface area contributed by atoms with Crippen LogP contribution in [0.1, 0.15) is 30.1 Å². The molecule has 20 heavy (non-hydrogen) atoms. The zero-order chi connectivity index (χ0) is 14.1. The largest absolute Gasteiger partial charge is 0.338 e. The van der Waals surface area contributed by atoms with E-state index < -0.39 is 0 Å². The van der Waals surface area contributed by atoms with Gasteiger partial charge in [-0.25, -0.2) is 4.98 Å². The van der Waals surface area contributed by atoms with E-state index in [2.05, 4.69) is 11.9 Å². The maximum Gasteiger partial charge on any atom is 0.270 e. The van der Waals surface area contributed by atoms with Crippen molar-refractivity contribution in [2.24, 2.45) is 5.92 Å². The van der Waals surface area contributed by atoms with Crippen LogP contribution in [0.25, 0.3) is 5.65 Å². The fourth-order valence-corrected chi connectivity index (χ4v) is 2.72. The van der Waals surface area contributed by atoms with E-state index in [0.29, 0.717) is 11.6 Å². The number of likely N-dealkylation sites (tertiary alicyclic amines) is 1. The summed E-state index contributed by atoms with van der Waals surface area (Å²) in [6, 6.07) is 5.32. The lowest BCUT2D eigenvalue weighted by Gasteiger charge is -2.30. The minimum Gasteiger partial charge on any atom is -0.338 e. The van der Waals surface area contributed by atoms with Gasteiger partial charge in [-0.3, -0.25) is 14.0 Å². The molecule has 0 aliphatic carbocycles. The van der Waals surface area contributed by atoms with Gasteiger partial charge in [-0.05, 0) is 30.9 Å². The van der Waals surface area contributed by atoms with E-state index in [1.165, 1.54) is 10.6 Å². The second-order valence-electron chi connectivity index (χ2n) is 5.40. The van der Waals surface area contributed by atoms with Gasteiger partial charge in [0.1, 0.15) is 11.2 Å². The summed E-state index contributed by atoms with van der Waals surface area (Å²) in [4.78, 5) is 30.8. The molecular formula is C15H17N3O2. The SMILES string of the molecule is CC1CCCN(C(=O)c2cnc3ccccn3c2=O)C1. The Morgan fingerprint density at radius 1 is 1.40 bits per heavy atom. The lowest BCUT2D eigenvalue weighted by Crippen LogP contribution is -2.41. The highest BCUT2D eigenvalue weighted by Gasteiger charge is 2.24. The number of carbonyl (C=O) groups is 1. The fourth-order valence-electron chi connectivity index (χ4n) is 2.72. The third-order valence-electron chi connectivity index (χ3n) is 3.79. The van der Waals surface area contributed by atoms with Crippen LogP contribution in [0.4, 0.5) is 0 Å². The highest BCUT2D eigenvalue weighted by molar-refractivity contribution is 5.93. The van der Waals surface area contributed by atoms with Crippen LogP contribution in [0.5, 0.6) is 0 Å². The zero-order valence-corrected chi connectivity index (χ0v) is 11.5. The van der Waals surface area contributed by atoms with E-state index >= 15 is 0 Å². The molecule has 1 unspecified atom stereocenters. The number of piperidine rings is 1. The van der Waals surface area contributed by atoms with Gasteiger partial charge in [-0.2, -0.15) is 0 Å². The van der Waals surface area contributed by atoms with Crippen molar-refractivity contribution in [3.63, 3.8) is 0 Å². The van der Waals surface area contributed by atoms with Crippen LogP contribution < -0.4 is 5.56 Å². The number of hydrogen-bond acceptors (Lipinski definition) is 3. The van der Waals surface area contributed by atoms with Gasteiger partial charge >= 0.3 is 0 Å². The van der Waals surface area contributed by atoms with Gasteiger partial charge in [0.25, 0.3) is 11.5 Å². The molecule has 2 aromatic rings. The molecule has 0 radical (unpaired) electrons. The molecule has 0 saturated carbocycles. The first kappa shape index (κ1) is 12.8. The third-order valence-corrected chi connectivity index (χ3v) is 3.79. The van der Waals surface area contributed by atoms with E-state index in [1.54, 1.807) is 23.2 Å². The van der Waals surface area contributed by atoms with Crippen LogP contribution in [-0.4, -0.2) is 33.3 Å². The van der Waals surface area contributed by atoms with E-state index in [-0.39, 0.29) is 17.0 Å². The summed E-state index contributed by atoms with van der Waals surface area (Å²) in [5.74, 6) is 0.288. The van der Waals surface area contributed by atoms with Crippen molar-refractivity contribution in [1.82, 2.24) is 14.3 Å². The smallest absolute Gasteiger partial charge is 0.270 e. The molecule has 0 N–H and O–H groups in total. The number of amides is 1. The van der Waals surface area contributed by atoms with E-state index in [0.717, 1.165) is 25.9 Å². The molecule has 5 heteroatoms. The average molecular weight is 271 g/mol. The first-order valence-corrected chi connectivity index (χ1v) is 6.92. The Bertz CT molecular complexity index is 708. The van der Waals surface area contributed by atoms with Crippen LogP contribution in [0.3, 0.4) is 0 Å². The molecule has 104 valence electrons. The summed E-state index contributed by atoms with van der Waals surface area (Å²) in [7, 11) is 0.